The lowest BCUT2D eigenvalue weighted by atomic mass is 9.70. The van der Waals surface area contributed by atoms with Gasteiger partial charge >= 0.3 is 0 Å². The molecule has 3 heteroatoms. The zero-order chi connectivity index (χ0) is 13.9. The first-order valence-electron chi connectivity index (χ1n) is 7.26. The first-order chi connectivity index (χ1) is 9.06. The second kappa shape index (κ2) is 6.19. The van der Waals surface area contributed by atoms with Gasteiger partial charge in [-0.05, 0) is 44.2 Å². The number of hydrogen-bond acceptors (Lipinski definition) is 3. The van der Waals surface area contributed by atoms with Crippen LogP contribution in [0.1, 0.15) is 50.4 Å². The average molecular weight is 279 g/mol. The van der Waals surface area contributed by atoms with Crippen LogP contribution in [0.3, 0.4) is 0 Å². The van der Waals surface area contributed by atoms with E-state index in [0.717, 1.165) is 19.4 Å². The molecule has 0 spiro atoms. The summed E-state index contributed by atoms with van der Waals surface area (Å²) in [6.07, 6.45) is 5.82. The minimum Gasteiger partial charge on any atom is -0.303 e. The van der Waals surface area contributed by atoms with Crippen molar-refractivity contribution in [2.24, 2.45) is 11.3 Å². The summed E-state index contributed by atoms with van der Waals surface area (Å²) in [4.78, 5) is 15.4. The van der Waals surface area contributed by atoms with Crippen molar-refractivity contribution in [3.63, 3.8) is 0 Å². The van der Waals surface area contributed by atoms with E-state index in [4.69, 9.17) is 0 Å². The van der Waals surface area contributed by atoms with Gasteiger partial charge in [-0.15, -0.1) is 11.3 Å². The van der Waals surface area contributed by atoms with Gasteiger partial charge in [-0.3, -0.25) is 4.90 Å². The van der Waals surface area contributed by atoms with Crippen LogP contribution in [0, 0.1) is 11.3 Å². The number of rotatable bonds is 5. The molecule has 1 aliphatic carbocycles. The van der Waals surface area contributed by atoms with E-state index in [2.05, 4.69) is 43.3 Å². The van der Waals surface area contributed by atoms with Gasteiger partial charge in [0, 0.05) is 22.9 Å². The summed E-state index contributed by atoms with van der Waals surface area (Å²) in [5.74, 6) is 0.685. The van der Waals surface area contributed by atoms with Gasteiger partial charge in [-0.1, -0.05) is 25.8 Å². The quantitative estimate of drug-likeness (QED) is 0.755. The van der Waals surface area contributed by atoms with Gasteiger partial charge in [-0.25, -0.2) is 0 Å². The van der Waals surface area contributed by atoms with Crippen LogP contribution >= 0.6 is 11.3 Å². The molecule has 1 aliphatic rings. The SMILES string of the molecule is CC1CCCC(C=O)(CN(C)C(C)c2cccs2)C1. The average Bonchev–Trinajstić information content (AvgIpc) is 2.91. The Hall–Kier alpha value is -0.670. The number of carbonyl (C=O) groups is 1. The maximum absolute atomic E-state index is 11.6. The summed E-state index contributed by atoms with van der Waals surface area (Å²) in [5, 5.41) is 2.12. The summed E-state index contributed by atoms with van der Waals surface area (Å²) in [5.41, 5.74) is -0.113. The van der Waals surface area contributed by atoms with E-state index < -0.39 is 0 Å². The van der Waals surface area contributed by atoms with E-state index in [9.17, 15) is 4.79 Å². The number of carbonyl (C=O) groups excluding carboxylic acids is 1. The molecule has 1 aromatic heterocycles. The van der Waals surface area contributed by atoms with Gasteiger partial charge in [0.1, 0.15) is 6.29 Å². The molecule has 0 amide bonds. The molecule has 0 radical (unpaired) electrons. The molecule has 0 saturated heterocycles. The van der Waals surface area contributed by atoms with E-state index in [-0.39, 0.29) is 5.41 Å². The topological polar surface area (TPSA) is 20.3 Å². The molecule has 3 atom stereocenters. The molecule has 3 unspecified atom stereocenters. The van der Waals surface area contributed by atoms with Gasteiger partial charge < -0.3 is 4.79 Å². The highest BCUT2D eigenvalue weighted by Crippen LogP contribution is 2.39. The Morgan fingerprint density at radius 2 is 2.42 bits per heavy atom. The summed E-state index contributed by atoms with van der Waals surface area (Å²) in [6, 6.07) is 4.68. The first kappa shape index (κ1) is 14.7. The molecule has 19 heavy (non-hydrogen) atoms. The van der Waals surface area contributed by atoms with Crippen molar-refractivity contribution in [2.45, 2.75) is 45.6 Å². The summed E-state index contributed by atoms with van der Waals surface area (Å²) in [6.45, 7) is 5.40. The van der Waals surface area contributed by atoms with E-state index in [1.807, 2.05) is 0 Å². The Morgan fingerprint density at radius 1 is 1.63 bits per heavy atom. The van der Waals surface area contributed by atoms with Crippen LogP contribution in [0.5, 0.6) is 0 Å². The standard InChI is InChI=1S/C16H25NOS/c1-13-6-4-8-16(10-13,12-18)11-17(3)14(2)15-7-5-9-19-15/h5,7,9,12-14H,4,6,8,10-11H2,1-3H3. The molecule has 2 rings (SSSR count). The van der Waals surface area contributed by atoms with E-state index in [1.54, 1.807) is 11.3 Å². The summed E-state index contributed by atoms with van der Waals surface area (Å²) >= 11 is 1.80. The van der Waals surface area contributed by atoms with E-state index in [1.165, 1.54) is 24.0 Å². The van der Waals surface area contributed by atoms with Crippen LogP contribution in [0.2, 0.25) is 0 Å². The lowest BCUT2D eigenvalue weighted by Crippen LogP contribution is -2.41. The Bertz CT molecular complexity index is 403. The molecule has 1 aromatic rings. The molecular formula is C16H25NOS. The van der Waals surface area contributed by atoms with Crippen LogP contribution in [0.25, 0.3) is 0 Å². The highest BCUT2D eigenvalue weighted by molar-refractivity contribution is 7.10. The number of nitrogens with zero attached hydrogens (tertiary/aromatic N) is 1. The van der Waals surface area contributed by atoms with Crippen molar-refractivity contribution in [1.82, 2.24) is 4.90 Å². The van der Waals surface area contributed by atoms with Gasteiger partial charge in [0.15, 0.2) is 0 Å². The molecule has 0 aromatic carbocycles. The molecule has 1 heterocycles. The highest BCUT2D eigenvalue weighted by Gasteiger charge is 2.36. The van der Waals surface area contributed by atoms with Gasteiger partial charge in [-0.2, -0.15) is 0 Å². The molecule has 1 saturated carbocycles. The van der Waals surface area contributed by atoms with Crippen LogP contribution in [-0.4, -0.2) is 24.8 Å². The second-order valence-electron chi connectivity index (χ2n) is 6.29. The molecule has 0 N–H and O–H groups in total. The first-order valence-corrected chi connectivity index (χ1v) is 8.14. The third-order valence-electron chi connectivity index (χ3n) is 4.56. The number of hydrogen-bond donors (Lipinski definition) is 0. The highest BCUT2D eigenvalue weighted by atomic mass is 32.1. The molecule has 0 aliphatic heterocycles. The molecule has 0 bridgehead atoms. The minimum atomic E-state index is -0.113. The maximum atomic E-state index is 11.6. The monoisotopic (exact) mass is 279 g/mol. The molecular weight excluding hydrogens is 254 g/mol. The Labute approximate surface area is 120 Å². The summed E-state index contributed by atoms with van der Waals surface area (Å²) in [7, 11) is 2.15. The predicted octanol–water partition coefficient (Wildman–Crippen LogP) is 4.14. The van der Waals surface area contributed by atoms with Crippen LogP contribution in [-0.2, 0) is 4.79 Å². The second-order valence-corrected chi connectivity index (χ2v) is 7.27. The van der Waals surface area contributed by atoms with Gasteiger partial charge in [0.25, 0.3) is 0 Å². The molecule has 106 valence electrons. The molecule has 1 fully saturated rings. The zero-order valence-corrected chi connectivity index (χ0v) is 13.1. The number of thiophene rings is 1. The van der Waals surface area contributed by atoms with Gasteiger partial charge in [0.05, 0.1) is 0 Å². The van der Waals surface area contributed by atoms with Crippen molar-refractivity contribution in [2.75, 3.05) is 13.6 Å². The fraction of sp³-hybridized carbons (Fsp3) is 0.688. The van der Waals surface area contributed by atoms with Crippen LogP contribution in [0.15, 0.2) is 17.5 Å². The fourth-order valence-electron chi connectivity index (χ4n) is 3.37. The Kier molecular flexibility index (Phi) is 4.80. The number of aldehydes is 1. The third-order valence-corrected chi connectivity index (χ3v) is 5.60. The van der Waals surface area contributed by atoms with Crippen molar-refractivity contribution in [3.8, 4) is 0 Å². The van der Waals surface area contributed by atoms with Crippen molar-refractivity contribution >= 4 is 17.6 Å². The van der Waals surface area contributed by atoms with E-state index >= 15 is 0 Å². The minimum absolute atomic E-state index is 0.113. The normalized spacial score (nSPS) is 29.4. The lowest BCUT2D eigenvalue weighted by molar-refractivity contribution is -0.120. The summed E-state index contributed by atoms with van der Waals surface area (Å²) < 4.78 is 0. The zero-order valence-electron chi connectivity index (χ0n) is 12.3. The Morgan fingerprint density at radius 3 is 3.00 bits per heavy atom. The lowest BCUT2D eigenvalue weighted by Gasteiger charge is -2.39. The van der Waals surface area contributed by atoms with Crippen molar-refractivity contribution < 1.29 is 4.79 Å². The van der Waals surface area contributed by atoms with Crippen molar-refractivity contribution in [3.05, 3.63) is 22.4 Å². The smallest absolute Gasteiger partial charge is 0.127 e. The Balaban J connectivity index is 2.03. The largest absolute Gasteiger partial charge is 0.303 e. The molecule has 2 nitrogen and oxygen atoms in total. The maximum Gasteiger partial charge on any atom is 0.127 e. The van der Waals surface area contributed by atoms with E-state index in [0.29, 0.717) is 12.0 Å². The van der Waals surface area contributed by atoms with Gasteiger partial charge in [0.2, 0.25) is 0 Å². The van der Waals surface area contributed by atoms with Crippen LogP contribution in [0.4, 0.5) is 0 Å². The third kappa shape index (κ3) is 3.46. The van der Waals surface area contributed by atoms with Crippen LogP contribution < -0.4 is 0 Å². The fourth-order valence-corrected chi connectivity index (χ4v) is 4.22. The van der Waals surface area contributed by atoms with Crippen molar-refractivity contribution in [1.29, 1.82) is 0 Å². The predicted molar refractivity (Wildman–Crippen MR) is 81.5 cm³/mol.